The Balaban J connectivity index is 2.06. The van der Waals surface area contributed by atoms with Crippen molar-refractivity contribution in [1.29, 1.82) is 0 Å². The average Bonchev–Trinajstić information content (AvgIpc) is 2.91. The summed E-state index contributed by atoms with van der Waals surface area (Å²) < 4.78 is 4.91. The lowest BCUT2D eigenvalue weighted by molar-refractivity contribution is -0.117. The second-order valence-electron chi connectivity index (χ2n) is 4.70. The van der Waals surface area contributed by atoms with Crippen molar-refractivity contribution in [1.82, 2.24) is 15.2 Å². The summed E-state index contributed by atoms with van der Waals surface area (Å²) in [6.07, 6.45) is 0.474. The van der Waals surface area contributed by atoms with Gasteiger partial charge < -0.3 is 15.8 Å². The SMILES string of the molecule is COCCC(N)C(=O)Nc1cccc(-c2n[nH]c(C)n2)c1. The fraction of sp³-hybridized carbons (Fsp3) is 0.357. The molecule has 21 heavy (non-hydrogen) atoms. The summed E-state index contributed by atoms with van der Waals surface area (Å²) in [7, 11) is 1.58. The number of nitrogens with two attached hydrogens (primary N) is 1. The van der Waals surface area contributed by atoms with Gasteiger partial charge in [-0.3, -0.25) is 9.89 Å². The molecule has 7 heteroatoms. The third-order valence-electron chi connectivity index (χ3n) is 2.96. The molecule has 0 aliphatic rings. The van der Waals surface area contributed by atoms with E-state index in [9.17, 15) is 4.79 Å². The Hall–Kier alpha value is -2.25. The van der Waals surface area contributed by atoms with Crippen LogP contribution in [-0.2, 0) is 9.53 Å². The van der Waals surface area contributed by atoms with Crippen LogP contribution in [0.2, 0.25) is 0 Å². The predicted molar refractivity (Wildman–Crippen MR) is 79.7 cm³/mol. The van der Waals surface area contributed by atoms with Gasteiger partial charge in [-0.2, -0.15) is 5.10 Å². The molecular formula is C14H19N5O2. The number of amides is 1. The van der Waals surface area contributed by atoms with E-state index in [-0.39, 0.29) is 5.91 Å². The number of H-pyrrole nitrogens is 1. The van der Waals surface area contributed by atoms with Crippen molar-refractivity contribution in [3.05, 3.63) is 30.1 Å². The minimum absolute atomic E-state index is 0.240. The second-order valence-corrected chi connectivity index (χ2v) is 4.70. The number of hydrogen-bond donors (Lipinski definition) is 3. The Bertz CT molecular complexity index is 611. The van der Waals surface area contributed by atoms with E-state index in [1.807, 2.05) is 25.1 Å². The van der Waals surface area contributed by atoms with Crippen molar-refractivity contribution in [3.8, 4) is 11.4 Å². The van der Waals surface area contributed by atoms with E-state index in [0.29, 0.717) is 24.5 Å². The highest BCUT2D eigenvalue weighted by atomic mass is 16.5. The largest absolute Gasteiger partial charge is 0.385 e. The molecule has 1 unspecified atom stereocenters. The van der Waals surface area contributed by atoms with Gasteiger partial charge >= 0.3 is 0 Å². The Kier molecular flexibility index (Phi) is 5.02. The van der Waals surface area contributed by atoms with Gasteiger partial charge in [-0.05, 0) is 25.5 Å². The zero-order chi connectivity index (χ0) is 15.2. The number of methoxy groups -OCH3 is 1. The maximum absolute atomic E-state index is 11.9. The van der Waals surface area contributed by atoms with E-state index in [0.717, 1.165) is 11.4 Å². The minimum atomic E-state index is -0.598. The van der Waals surface area contributed by atoms with Crippen LogP contribution < -0.4 is 11.1 Å². The molecule has 112 valence electrons. The van der Waals surface area contributed by atoms with Crippen LogP contribution in [-0.4, -0.2) is 40.8 Å². The molecule has 0 saturated carbocycles. The van der Waals surface area contributed by atoms with E-state index in [1.54, 1.807) is 13.2 Å². The Morgan fingerprint density at radius 3 is 3.00 bits per heavy atom. The van der Waals surface area contributed by atoms with Gasteiger partial charge in [0, 0.05) is 25.0 Å². The number of carbonyl (C=O) groups excluding carboxylic acids is 1. The topological polar surface area (TPSA) is 106 Å². The number of nitrogens with one attached hydrogen (secondary N) is 2. The lowest BCUT2D eigenvalue weighted by atomic mass is 10.1. The first-order chi connectivity index (χ1) is 10.1. The van der Waals surface area contributed by atoms with Gasteiger partial charge in [0.05, 0.1) is 6.04 Å². The minimum Gasteiger partial charge on any atom is -0.385 e. The average molecular weight is 289 g/mol. The number of hydrogen-bond acceptors (Lipinski definition) is 5. The standard InChI is InChI=1S/C14H19N5O2/c1-9-16-13(19-18-9)10-4-3-5-11(8-10)17-14(20)12(15)6-7-21-2/h3-5,8,12H,6-7,15H2,1-2H3,(H,17,20)(H,16,18,19). The summed E-state index contributed by atoms with van der Waals surface area (Å²) in [6.45, 7) is 2.28. The monoisotopic (exact) mass is 289 g/mol. The lowest BCUT2D eigenvalue weighted by Crippen LogP contribution is -2.36. The molecular weight excluding hydrogens is 270 g/mol. The summed E-state index contributed by atoms with van der Waals surface area (Å²) in [5.41, 5.74) is 7.26. The Labute approximate surface area is 122 Å². The molecule has 0 fully saturated rings. The molecule has 1 atom stereocenters. The number of benzene rings is 1. The van der Waals surface area contributed by atoms with E-state index in [1.165, 1.54) is 0 Å². The molecule has 0 aliphatic carbocycles. The molecule has 1 aromatic carbocycles. The van der Waals surface area contributed by atoms with Crippen molar-refractivity contribution in [2.24, 2.45) is 5.73 Å². The molecule has 0 saturated heterocycles. The van der Waals surface area contributed by atoms with Crippen molar-refractivity contribution in [2.75, 3.05) is 19.0 Å². The molecule has 0 spiro atoms. The van der Waals surface area contributed by atoms with Crippen LogP contribution in [0.1, 0.15) is 12.2 Å². The van der Waals surface area contributed by atoms with Gasteiger partial charge in [0.25, 0.3) is 0 Å². The number of aromatic amines is 1. The number of carbonyl (C=O) groups is 1. The van der Waals surface area contributed by atoms with Gasteiger partial charge in [0.2, 0.25) is 5.91 Å². The summed E-state index contributed by atoms with van der Waals surface area (Å²) in [5.74, 6) is 1.09. The molecule has 1 aromatic heterocycles. The highest BCUT2D eigenvalue weighted by molar-refractivity contribution is 5.95. The van der Waals surface area contributed by atoms with Gasteiger partial charge in [-0.25, -0.2) is 4.98 Å². The van der Waals surface area contributed by atoms with E-state index in [4.69, 9.17) is 10.5 Å². The quantitative estimate of drug-likeness (QED) is 0.738. The summed E-state index contributed by atoms with van der Waals surface area (Å²) in [4.78, 5) is 16.2. The third-order valence-corrected chi connectivity index (χ3v) is 2.96. The lowest BCUT2D eigenvalue weighted by Gasteiger charge is -2.12. The molecule has 7 nitrogen and oxygen atoms in total. The number of aromatic nitrogens is 3. The molecule has 0 aliphatic heterocycles. The molecule has 1 heterocycles. The maximum atomic E-state index is 11.9. The highest BCUT2D eigenvalue weighted by Gasteiger charge is 2.13. The zero-order valence-electron chi connectivity index (χ0n) is 12.1. The molecule has 0 bridgehead atoms. The second kappa shape index (κ2) is 6.96. The molecule has 2 rings (SSSR count). The van der Waals surface area contributed by atoms with Crippen LogP contribution in [0.3, 0.4) is 0 Å². The van der Waals surface area contributed by atoms with Gasteiger partial charge in [0.1, 0.15) is 5.82 Å². The first-order valence-electron chi connectivity index (χ1n) is 6.65. The maximum Gasteiger partial charge on any atom is 0.241 e. The van der Waals surface area contributed by atoms with Crippen LogP contribution in [0.4, 0.5) is 5.69 Å². The number of nitrogens with zero attached hydrogens (tertiary/aromatic N) is 2. The smallest absolute Gasteiger partial charge is 0.241 e. The Morgan fingerprint density at radius 2 is 2.33 bits per heavy atom. The van der Waals surface area contributed by atoms with E-state index in [2.05, 4.69) is 20.5 Å². The van der Waals surface area contributed by atoms with Crippen molar-refractivity contribution < 1.29 is 9.53 Å². The number of anilines is 1. The van der Waals surface area contributed by atoms with E-state index >= 15 is 0 Å². The number of ether oxygens (including phenoxy) is 1. The number of aryl methyl sites for hydroxylation is 1. The van der Waals surface area contributed by atoms with Crippen LogP contribution in [0.5, 0.6) is 0 Å². The Morgan fingerprint density at radius 1 is 1.52 bits per heavy atom. The fourth-order valence-electron chi connectivity index (χ4n) is 1.82. The van der Waals surface area contributed by atoms with Crippen molar-refractivity contribution in [3.63, 3.8) is 0 Å². The van der Waals surface area contributed by atoms with Crippen LogP contribution in [0, 0.1) is 6.92 Å². The van der Waals surface area contributed by atoms with Gasteiger partial charge in [0.15, 0.2) is 5.82 Å². The van der Waals surface area contributed by atoms with Crippen LogP contribution in [0.25, 0.3) is 11.4 Å². The normalized spacial score (nSPS) is 12.1. The third kappa shape index (κ3) is 4.11. The molecule has 2 aromatic rings. The van der Waals surface area contributed by atoms with Crippen molar-refractivity contribution >= 4 is 11.6 Å². The van der Waals surface area contributed by atoms with E-state index < -0.39 is 6.04 Å². The van der Waals surface area contributed by atoms with Crippen LogP contribution >= 0.6 is 0 Å². The van der Waals surface area contributed by atoms with Gasteiger partial charge in [-0.1, -0.05) is 12.1 Å². The molecule has 1 amide bonds. The fourth-order valence-corrected chi connectivity index (χ4v) is 1.82. The summed E-state index contributed by atoms with van der Waals surface area (Å²) in [6, 6.07) is 6.72. The number of rotatable bonds is 6. The zero-order valence-corrected chi connectivity index (χ0v) is 12.1. The summed E-state index contributed by atoms with van der Waals surface area (Å²) in [5, 5.41) is 9.66. The van der Waals surface area contributed by atoms with Crippen LogP contribution in [0.15, 0.2) is 24.3 Å². The van der Waals surface area contributed by atoms with Gasteiger partial charge in [-0.15, -0.1) is 0 Å². The first-order valence-corrected chi connectivity index (χ1v) is 6.65. The summed E-state index contributed by atoms with van der Waals surface area (Å²) >= 11 is 0. The highest BCUT2D eigenvalue weighted by Crippen LogP contribution is 2.19. The molecule has 4 N–H and O–H groups in total. The van der Waals surface area contributed by atoms with Crippen molar-refractivity contribution in [2.45, 2.75) is 19.4 Å². The molecule has 0 radical (unpaired) electrons. The predicted octanol–water partition coefficient (Wildman–Crippen LogP) is 1.08. The first kappa shape index (κ1) is 15.1.